The van der Waals surface area contributed by atoms with Gasteiger partial charge in [0, 0.05) is 48.3 Å². The monoisotopic (exact) mass is 501 g/mol. The number of aromatic amines is 2. The molecule has 5 aromatic rings. The second-order valence-electron chi connectivity index (χ2n) is 9.36. The summed E-state index contributed by atoms with van der Waals surface area (Å²) in [5.41, 5.74) is 5.38. The zero-order valence-electron chi connectivity index (χ0n) is 20.3. The summed E-state index contributed by atoms with van der Waals surface area (Å²) < 4.78 is 43.8. The maximum Gasteiger partial charge on any atom is 0.140 e. The Kier molecular flexibility index (Phi) is 6.61. The lowest BCUT2D eigenvalue weighted by Gasteiger charge is -2.11. The van der Waals surface area contributed by atoms with E-state index in [2.05, 4.69) is 21.5 Å². The van der Waals surface area contributed by atoms with Crippen LogP contribution in [0.15, 0.2) is 73.3 Å². The molecule has 0 unspecified atom stereocenters. The van der Waals surface area contributed by atoms with E-state index in [-0.39, 0.29) is 23.0 Å². The first-order valence-electron chi connectivity index (χ1n) is 12.0. The van der Waals surface area contributed by atoms with Gasteiger partial charge in [0.1, 0.15) is 23.3 Å². The highest BCUT2D eigenvalue weighted by atomic mass is 19.1. The molecular weight excluding hydrogens is 475 g/mol. The number of nitrogens with zero attached hydrogens (tertiary/aromatic N) is 1. The van der Waals surface area contributed by atoms with Gasteiger partial charge < -0.3 is 15.1 Å². The summed E-state index contributed by atoms with van der Waals surface area (Å²) >= 11 is 0. The van der Waals surface area contributed by atoms with E-state index in [1.54, 1.807) is 24.5 Å². The molecule has 2 heterocycles. The zero-order valence-corrected chi connectivity index (χ0v) is 20.3. The molecule has 0 saturated heterocycles. The summed E-state index contributed by atoms with van der Waals surface area (Å²) in [5, 5.41) is 10.3. The number of fused-ring (bicyclic) bond motifs is 1. The van der Waals surface area contributed by atoms with Crippen molar-refractivity contribution in [1.82, 2.24) is 15.0 Å². The Labute approximate surface area is 212 Å². The molecule has 3 aromatic carbocycles. The fourth-order valence-electron chi connectivity index (χ4n) is 4.73. The Morgan fingerprint density at radius 3 is 2.57 bits per heavy atom. The van der Waals surface area contributed by atoms with Gasteiger partial charge in [-0.1, -0.05) is 18.7 Å². The Bertz CT molecular complexity index is 1620. The van der Waals surface area contributed by atoms with E-state index in [1.807, 2.05) is 19.1 Å². The van der Waals surface area contributed by atoms with E-state index in [0.717, 1.165) is 33.2 Å². The molecule has 0 amide bonds. The van der Waals surface area contributed by atoms with Crippen LogP contribution in [0.2, 0.25) is 0 Å². The van der Waals surface area contributed by atoms with Crippen LogP contribution in [-0.2, 0) is 19.3 Å². The van der Waals surface area contributed by atoms with Gasteiger partial charge in [-0.2, -0.15) is 0 Å². The molecule has 0 atom stereocenters. The van der Waals surface area contributed by atoms with Gasteiger partial charge in [0.05, 0.1) is 11.3 Å². The molecule has 0 aliphatic carbocycles. The van der Waals surface area contributed by atoms with Crippen molar-refractivity contribution in [2.45, 2.75) is 32.6 Å². The van der Waals surface area contributed by atoms with Crippen LogP contribution in [0.3, 0.4) is 0 Å². The zero-order chi connectivity index (χ0) is 26.1. The predicted molar refractivity (Wildman–Crippen MR) is 139 cm³/mol. The summed E-state index contributed by atoms with van der Waals surface area (Å²) in [7, 11) is 0. The fourth-order valence-corrected chi connectivity index (χ4v) is 4.73. The van der Waals surface area contributed by atoms with Gasteiger partial charge in [-0.05, 0) is 77.6 Å². The molecule has 7 heteroatoms. The smallest absolute Gasteiger partial charge is 0.140 e. The minimum Gasteiger partial charge on any atom is -0.513 e. The number of aromatic nitrogens is 3. The van der Waals surface area contributed by atoms with Crippen molar-refractivity contribution in [3.05, 3.63) is 124 Å². The molecule has 0 aliphatic heterocycles. The normalized spacial score (nSPS) is 11.4. The maximum absolute atomic E-state index is 14.8. The molecule has 0 fully saturated rings. The highest BCUT2D eigenvalue weighted by Crippen LogP contribution is 2.28. The van der Waals surface area contributed by atoms with E-state index >= 15 is 0 Å². The molecular formula is C30H26F3N3O. The van der Waals surface area contributed by atoms with Gasteiger partial charge >= 0.3 is 0 Å². The summed E-state index contributed by atoms with van der Waals surface area (Å²) in [6.07, 6.45) is 4.90. The second kappa shape index (κ2) is 10.0. The first-order chi connectivity index (χ1) is 17.8. The lowest BCUT2D eigenvalue weighted by Crippen LogP contribution is -1.99. The Morgan fingerprint density at radius 1 is 0.946 bits per heavy atom. The minimum atomic E-state index is -0.444. The molecule has 3 N–H and O–H groups in total. The molecule has 4 nitrogen and oxygen atoms in total. The van der Waals surface area contributed by atoms with Crippen molar-refractivity contribution in [3.63, 3.8) is 0 Å². The van der Waals surface area contributed by atoms with Crippen molar-refractivity contribution in [3.8, 4) is 11.4 Å². The standard InChI is InChI=1S/C30H26F3N3O/c1-17(37)3-4-19-9-21(11-22(31)10-19)12-23-16-35-30(36-23)26-14-20(5-6-27(26)32)13-25-18(2)24-7-8-34-29(24)15-28(25)33/h5-11,14-16,34,37H,1,3-4,12-13H2,2H3,(H,35,36). The lowest BCUT2D eigenvalue weighted by molar-refractivity contribution is 0.391. The van der Waals surface area contributed by atoms with Crippen LogP contribution < -0.4 is 0 Å². The van der Waals surface area contributed by atoms with E-state index in [1.165, 1.54) is 24.3 Å². The number of aliphatic hydroxyl groups excluding tert-OH is 1. The number of nitrogens with one attached hydrogen (secondary N) is 2. The van der Waals surface area contributed by atoms with Crippen molar-refractivity contribution in [2.75, 3.05) is 0 Å². The van der Waals surface area contributed by atoms with Gasteiger partial charge in [-0.25, -0.2) is 18.2 Å². The Morgan fingerprint density at radius 2 is 1.76 bits per heavy atom. The maximum atomic E-state index is 14.8. The number of aryl methyl sites for hydroxylation is 2. The molecule has 0 saturated carbocycles. The van der Waals surface area contributed by atoms with Gasteiger partial charge in [0.25, 0.3) is 0 Å². The third kappa shape index (κ3) is 5.31. The SMILES string of the molecule is C=C(O)CCc1cc(F)cc(Cc2cnc(-c3cc(Cc4c(F)cc5[nH]ccc5c4C)ccc3F)[nH]2)c1. The van der Waals surface area contributed by atoms with Crippen LogP contribution >= 0.6 is 0 Å². The second-order valence-corrected chi connectivity index (χ2v) is 9.36. The fraction of sp³-hybridized carbons (Fsp3) is 0.167. The number of imidazole rings is 1. The summed E-state index contributed by atoms with van der Waals surface area (Å²) in [6, 6.07) is 12.8. The number of halogens is 3. The minimum absolute atomic E-state index is 0.0520. The number of hydrogen-bond donors (Lipinski definition) is 3. The third-order valence-electron chi connectivity index (χ3n) is 6.60. The molecule has 37 heavy (non-hydrogen) atoms. The van der Waals surface area contributed by atoms with E-state index < -0.39 is 5.82 Å². The first-order valence-corrected chi connectivity index (χ1v) is 12.0. The van der Waals surface area contributed by atoms with E-state index in [9.17, 15) is 18.3 Å². The number of hydrogen-bond acceptors (Lipinski definition) is 2. The number of rotatable bonds is 8. The van der Waals surface area contributed by atoms with Crippen LogP contribution in [0.5, 0.6) is 0 Å². The molecule has 0 aliphatic rings. The summed E-state index contributed by atoms with van der Waals surface area (Å²) in [5.74, 6) is -0.719. The van der Waals surface area contributed by atoms with Crippen LogP contribution in [0.25, 0.3) is 22.3 Å². The Balaban J connectivity index is 1.38. The average molecular weight is 502 g/mol. The molecule has 2 aromatic heterocycles. The van der Waals surface area contributed by atoms with Crippen LogP contribution in [0.4, 0.5) is 13.2 Å². The molecule has 188 valence electrons. The highest BCUT2D eigenvalue weighted by Gasteiger charge is 2.15. The summed E-state index contributed by atoms with van der Waals surface area (Å²) in [4.78, 5) is 10.5. The van der Waals surface area contributed by atoms with E-state index in [4.69, 9.17) is 0 Å². The molecule has 0 spiro atoms. The summed E-state index contributed by atoms with van der Waals surface area (Å²) in [6.45, 7) is 5.35. The predicted octanol–water partition coefficient (Wildman–Crippen LogP) is 7.47. The topological polar surface area (TPSA) is 64.7 Å². The molecule has 0 bridgehead atoms. The molecule has 5 rings (SSSR count). The van der Waals surface area contributed by atoms with Gasteiger partial charge in [-0.3, -0.25) is 0 Å². The Hall–Kier alpha value is -4.26. The third-order valence-corrected chi connectivity index (χ3v) is 6.60. The van der Waals surface area contributed by atoms with Crippen molar-refractivity contribution in [2.24, 2.45) is 0 Å². The lowest BCUT2D eigenvalue weighted by atomic mass is 9.96. The van der Waals surface area contributed by atoms with Gasteiger partial charge in [0.2, 0.25) is 0 Å². The largest absolute Gasteiger partial charge is 0.513 e. The van der Waals surface area contributed by atoms with E-state index in [0.29, 0.717) is 42.8 Å². The molecule has 0 radical (unpaired) electrons. The number of allylic oxidation sites excluding steroid dienone is 1. The number of benzene rings is 3. The van der Waals surface area contributed by atoms with Crippen LogP contribution in [-0.4, -0.2) is 20.1 Å². The average Bonchev–Trinajstić information content (AvgIpc) is 3.51. The highest BCUT2D eigenvalue weighted by molar-refractivity contribution is 5.84. The van der Waals surface area contributed by atoms with Crippen LogP contribution in [0, 0.1) is 24.4 Å². The number of aliphatic hydroxyl groups is 1. The first kappa shape index (κ1) is 24.4. The van der Waals surface area contributed by atoms with Crippen molar-refractivity contribution in [1.29, 1.82) is 0 Å². The number of H-pyrrole nitrogens is 2. The van der Waals surface area contributed by atoms with Gasteiger partial charge in [0.15, 0.2) is 0 Å². The van der Waals surface area contributed by atoms with Crippen molar-refractivity contribution >= 4 is 10.9 Å². The van der Waals surface area contributed by atoms with Crippen LogP contribution in [0.1, 0.15) is 39.9 Å². The van der Waals surface area contributed by atoms with Gasteiger partial charge in [-0.15, -0.1) is 0 Å². The van der Waals surface area contributed by atoms with Crippen molar-refractivity contribution < 1.29 is 18.3 Å². The quantitative estimate of drug-likeness (QED) is 0.193.